The number of rotatable bonds is 12. The SMILES string of the molecule is CCCCCCc1ccc(-c2ccc(-c3cc(F)c(C(F)(F)Oc4cc(F)c(OC=C(F)F)c(F)c4)c(F)c3)cc2)cc1. The molecule has 2 nitrogen and oxygen atoms in total. The van der Waals surface area contributed by atoms with E-state index in [2.05, 4.69) is 28.5 Å². The summed E-state index contributed by atoms with van der Waals surface area (Å²) in [4.78, 5) is 0. The topological polar surface area (TPSA) is 18.5 Å². The van der Waals surface area contributed by atoms with Crippen molar-refractivity contribution in [2.75, 3.05) is 0 Å². The number of unbranched alkanes of at least 4 members (excludes halogenated alkanes) is 3. The molecule has 0 heterocycles. The molecule has 0 radical (unpaired) electrons. The third kappa shape index (κ3) is 7.94. The Bertz CT molecular complexity index is 1530. The van der Waals surface area contributed by atoms with Crippen LogP contribution in [0.25, 0.3) is 22.3 Å². The van der Waals surface area contributed by atoms with E-state index in [-0.39, 0.29) is 24.0 Å². The molecule has 0 unspecified atom stereocenters. The molecule has 43 heavy (non-hydrogen) atoms. The Hall–Kier alpha value is -4.34. The number of hydrogen-bond donors (Lipinski definition) is 0. The Kier molecular flexibility index (Phi) is 10.1. The zero-order valence-corrected chi connectivity index (χ0v) is 22.9. The van der Waals surface area contributed by atoms with E-state index in [1.807, 2.05) is 12.1 Å². The van der Waals surface area contributed by atoms with Crippen LogP contribution in [0.15, 0.2) is 85.1 Å². The van der Waals surface area contributed by atoms with Crippen LogP contribution < -0.4 is 9.47 Å². The van der Waals surface area contributed by atoms with E-state index in [1.165, 1.54) is 24.8 Å². The summed E-state index contributed by atoms with van der Waals surface area (Å²) >= 11 is 0. The van der Waals surface area contributed by atoms with E-state index >= 15 is 0 Å². The lowest BCUT2D eigenvalue weighted by Crippen LogP contribution is -2.25. The second-order valence-corrected chi connectivity index (χ2v) is 9.76. The predicted molar refractivity (Wildman–Crippen MR) is 147 cm³/mol. The molecule has 0 N–H and O–H groups in total. The summed E-state index contributed by atoms with van der Waals surface area (Å²) in [5.74, 6) is -9.14. The van der Waals surface area contributed by atoms with Crippen LogP contribution in [0.4, 0.5) is 35.1 Å². The lowest BCUT2D eigenvalue weighted by molar-refractivity contribution is -0.189. The first-order valence-corrected chi connectivity index (χ1v) is 13.4. The summed E-state index contributed by atoms with van der Waals surface area (Å²) in [7, 11) is 0. The Morgan fingerprint density at radius 3 is 1.70 bits per heavy atom. The molecule has 0 aromatic heterocycles. The minimum absolute atomic E-state index is 0.0322. The Balaban J connectivity index is 1.50. The van der Waals surface area contributed by atoms with Crippen molar-refractivity contribution in [3.8, 4) is 33.8 Å². The van der Waals surface area contributed by atoms with Crippen LogP contribution in [-0.2, 0) is 12.5 Å². The van der Waals surface area contributed by atoms with Crippen LogP contribution in [0.2, 0.25) is 0 Å². The first-order valence-electron chi connectivity index (χ1n) is 13.4. The van der Waals surface area contributed by atoms with Crippen LogP contribution in [0.3, 0.4) is 0 Å². The molecule has 4 aromatic rings. The number of benzene rings is 4. The molecule has 0 saturated heterocycles. The van der Waals surface area contributed by atoms with Gasteiger partial charge in [0.25, 0.3) is 0 Å². The van der Waals surface area contributed by atoms with Gasteiger partial charge in [-0.2, -0.15) is 17.6 Å². The van der Waals surface area contributed by atoms with Crippen molar-refractivity contribution in [1.29, 1.82) is 0 Å². The normalized spacial score (nSPS) is 11.4. The fourth-order valence-corrected chi connectivity index (χ4v) is 4.50. The molecule has 10 heteroatoms. The molecule has 0 aliphatic heterocycles. The Labute approximate surface area is 243 Å². The molecule has 0 fully saturated rings. The smallest absolute Gasteiger partial charge is 0.432 e. The van der Waals surface area contributed by atoms with Crippen LogP contribution in [0, 0.1) is 23.3 Å². The van der Waals surface area contributed by atoms with Gasteiger partial charge < -0.3 is 9.47 Å². The molecule has 0 aliphatic rings. The van der Waals surface area contributed by atoms with Gasteiger partial charge in [0.05, 0.1) is 0 Å². The highest BCUT2D eigenvalue weighted by atomic mass is 19.3. The quantitative estimate of drug-likeness (QED) is 0.0908. The van der Waals surface area contributed by atoms with Crippen LogP contribution in [-0.4, -0.2) is 0 Å². The second kappa shape index (κ2) is 13.8. The zero-order chi connectivity index (χ0) is 31.1. The molecule has 226 valence electrons. The standard InChI is InChI=1S/C33H26F8O2/c1-2-3-4-5-6-20-7-9-21(10-8-20)22-11-13-23(14-12-22)24-15-26(34)31(27(35)16-24)33(40,41)43-25-17-28(36)32(29(37)18-25)42-19-30(38)39/h7-19H,2-6H2,1H3. The monoisotopic (exact) mass is 606 g/mol. The molecule has 4 aromatic carbocycles. The first-order chi connectivity index (χ1) is 20.5. The molecule has 0 amide bonds. The van der Waals surface area contributed by atoms with E-state index in [1.54, 1.807) is 24.3 Å². The average Bonchev–Trinajstić information content (AvgIpc) is 2.94. The Morgan fingerprint density at radius 2 is 1.19 bits per heavy atom. The predicted octanol–water partition coefficient (Wildman–Crippen LogP) is 10.9. The summed E-state index contributed by atoms with van der Waals surface area (Å²) in [5, 5.41) is 0. The van der Waals surface area contributed by atoms with E-state index in [0.29, 0.717) is 17.7 Å². The van der Waals surface area contributed by atoms with Crippen molar-refractivity contribution >= 4 is 0 Å². The van der Waals surface area contributed by atoms with Gasteiger partial charge in [-0.05, 0) is 52.8 Å². The van der Waals surface area contributed by atoms with Crippen molar-refractivity contribution in [2.24, 2.45) is 0 Å². The molecule has 0 spiro atoms. The maximum atomic E-state index is 14.9. The largest absolute Gasteiger partial charge is 0.453 e. The van der Waals surface area contributed by atoms with Crippen LogP contribution in [0.1, 0.15) is 43.7 Å². The van der Waals surface area contributed by atoms with Crippen LogP contribution in [0.5, 0.6) is 11.5 Å². The third-order valence-electron chi connectivity index (χ3n) is 6.64. The zero-order valence-electron chi connectivity index (χ0n) is 22.9. The van der Waals surface area contributed by atoms with Gasteiger partial charge in [-0.3, -0.25) is 0 Å². The van der Waals surface area contributed by atoms with Crippen molar-refractivity contribution in [3.05, 3.63) is 120 Å². The summed E-state index contributed by atoms with van der Waals surface area (Å²) in [6.45, 7) is 2.16. The van der Waals surface area contributed by atoms with E-state index < -0.39 is 52.5 Å². The molecule has 0 atom stereocenters. The molecular weight excluding hydrogens is 580 g/mol. The lowest BCUT2D eigenvalue weighted by Gasteiger charge is -2.20. The van der Waals surface area contributed by atoms with Gasteiger partial charge >= 0.3 is 12.2 Å². The average molecular weight is 607 g/mol. The summed E-state index contributed by atoms with van der Waals surface area (Å²) in [6, 6.07) is 16.5. The number of alkyl halides is 2. The van der Waals surface area contributed by atoms with Gasteiger partial charge in [0, 0.05) is 12.1 Å². The highest BCUT2D eigenvalue weighted by Crippen LogP contribution is 2.39. The highest BCUT2D eigenvalue weighted by molar-refractivity contribution is 5.71. The van der Waals surface area contributed by atoms with Gasteiger partial charge in [-0.1, -0.05) is 74.7 Å². The van der Waals surface area contributed by atoms with Gasteiger partial charge in [0.2, 0.25) is 0 Å². The molecule has 0 aliphatic carbocycles. The van der Waals surface area contributed by atoms with Crippen molar-refractivity contribution < 1.29 is 44.6 Å². The van der Waals surface area contributed by atoms with Crippen molar-refractivity contribution in [2.45, 2.75) is 45.1 Å². The maximum Gasteiger partial charge on any atom is 0.432 e. The van der Waals surface area contributed by atoms with Gasteiger partial charge in [0.15, 0.2) is 23.6 Å². The number of ether oxygens (including phenoxy) is 2. The molecule has 0 saturated carbocycles. The van der Waals surface area contributed by atoms with Crippen LogP contribution >= 0.6 is 0 Å². The van der Waals surface area contributed by atoms with E-state index in [4.69, 9.17) is 0 Å². The fourth-order valence-electron chi connectivity index (χ4n) is 4.50. The number of aryl methyl sites for hydroxylation is 1. The third-order valence-corrected chi connectivity index (χ3v) is 6.64. The van der Waals surface area contributed by atoms with Gasteiger partial charge in [0.1, 0.15) is 22.9 Å². The molecule has 4 rings (SSSR count). The summed E-state index contributed by atoms with van der Waals surface area (Å²) in [5.41, 5.74) is 1.55. The number of halogens is 8. The minimum Gasteiger partial charge on any atom is -0.453 e. The van der Waals surface area contributed by atoms with Crippen molar-refractivity contribution in [3.63, 3.8) is 0 Å². The van der Waals surface area contributed by atoms with Gasteiger partial charge in [-0.25, -0.2) is 17.6 Å². The molecular formula is C33H26F8O2. The van der Waals surface area contributed by atoms with E-state index in [9.17, 15) is 35.1 Å². The molecule has 0 bridgehead atoms. The highest BCUT2D eigenvalue weighted by Gasteiger charge is 2.41. The second-order valence-electron chi connectivity index (χ2n) is 9.76. The Morgan fingerprint density at radius 1 is 0.674 bits per heavy atom. The lowest BCUT2D eigenvalue weighted by atomic mass is 9.97. The van der Waals surface area contributed by atoms with Gasteiger partial charge in [-0.15, -0.1) is 0 Å². The number of hydrogen-bond acceptors (Lipinski definition) is 2. The van der Waals surface area contributed by atoms with Crippen molar-refractivity contribution in [1.82, 2.24) is 0 Å². The summed E-state index contributed by atoms with van der Waals surface area (Å²) in [6.07, 6.45) is -1.70. The minimum atomic E-state index is -4.70. The fraction of sp³-hybridized carbons (Fsp3) is 0.212. The first kappa shape index (κ1) is 31.6. The summed E-state index contributed by atoms with van der Waals surface area (Å²) < 4.78 is 120. The van der Waals surface area contributed by atoms with E-state index in [0.717, 1.165) is 24.0 Å². The maximum absolute atomic E-state index is 14.9.